The van der Waals surface area contributed by atoms with Crippen LogP contribution in [0.15, 0.2) is 24.3 Å². The molecular weight excluding hydrogens is 316 g/mol. The summed E-state index contributed by atoms with van der Waals surface area (Å²) in [6.07, 6.45) is 0. The summed E-state index contributed by atoms with van der Waals surface area (Å²) in [4.78, 5) is 13.5. The lowest BCUT2D eigenvalue weighted by molar-refractivity contribution is 0.0827. The van der Waals surface area contributed by atoms with Crippen molar-refractivity contribution in [3.05, 3.63) is 46.6 Å². The van der Waals surface area contributed by atoms with Crippen LogP contribution in [0.25, 0.3) is 0 Å². The van der Waals surface area contributed by atoms with Crippen molar-refractivity contribution in [2.45, 2.75) is 32.9 Å². The second-order valence-corrected chi connectivity index (χ2v) is 6.65. The first-order chi connectivity index (χ1) is 11.8. The Kier molecular flexibility index (Phi) is 6.20. The fourth-order valence-electron chi connectivity index (χ4n) is 2.81. The van der Waals surface area contributed by atoms with Crippen molar-refractivity contribution in [2.75, 3.05) is 21.2 Å². The average Bonchev–Trinajstić information content (AvgIpc) is 2.90. The monoisotopic (exact) mass is 344 g/mol. The minimum atomic E-state index is 0.0150. The third-order valence-electron chi connectivity index (χ3n) is 4.10. The van der Waals surface area contributed by atoms with Gasteiger partial charge in [-0.3, -0.25) is 4.79 Å². The maximum Gasteiger partial charge on any atom is 0.253 e. The van der Waals surface area contributed by atoms with E-state index in [0.717, 1.165) is 22.7 Å². The van der Waals surface area contributed by atoms with Crippen molar-refractivity contribution in [3.63, 3.8) is 0 Å². The average molecular weight is 344 g/mol. The summed E-state index contributed by atoms with van der Waals surface area (Å²) in [6, 6.07) is 7.69. The van der Waals surface area contributed by atoms with Crippen LogP contribution in [-0.4, -0.2) is 41.8 Å². The highest BCUT2D eigenvalue weighted by atomic mass is 16.5. The molecule has 0 aliphatic carbocycles. The highest BCUT2D eigenvalue weighted by Crippen LogP contribution is 2.26. The van der Waals surface area contributed by atoms with Gasteiger partial charge in [0.05, 0.1) is 18.4 Å². The quantitative estimate of drug-likeness (QED) is 0.838. The summed E-state index contributed by atoms with van der Waals surface area (Å²) >= 11 is 0. The number of carbonyl (C=O) groups is 1. The molecule has 1 N–H and O–H groups in total. The van der Waals surface area contributed by atoms with Crippen molar-refractivity contribution in [3.8, 4) is 5.88 Å². The number of rotatable bonds is 7. The van der Waals surface area contributed by atoms with Gasteiger partial charge in [-0.05, 0) is 23.6 Å². The van der Waals surface area contributed by atoms with Gasteiger partial charge in [-0.15, -0.1) is 0 Å². The Balaban J connectivity index is 2.03. The van der Waals surface area contributed by atoms with Crippen LogP contribution in [0.3, 0.4) is 0 Å². The number of aromatic nitrogens is 2. The third-order valence-corrected chi connectivity index (χ3v) is 4.10. The van der Waals surface area contributed by atoms with E-state index in [1.54, 1.807) is 30.8 Å². The molecule has 0 fully saturated rings. The number of hydrogen-bond acceptors (Lipinski definition) is 4. The van der Waals surface area contributed by atoms with Crippen LogP contribution < -0.4 is 10.1 Å². The van der Waals surface area contributed by atoms with Crippen molar-refractivity contribution in [2.24, 2.45) is 7.05 Å². The van der Waals surface area contributed by atoms with Gasteiger partial charge in [-0.25, -0.2) is 4.68 Å². The Labute approximate surface area is 149 Å². The third kappa shape index (κ3) is 4.39. The molecule has 2 aromatic rings. The molecule has 1 aromatic carbocycles. The molecule has 0 atom stereocenters. The summed E-state index contributed by atoms with van der Waals surface area (Å²) in [7, 11) is 7.08. The second kappa shape index (κ2) is 8.16. The van der Waals surface area contributed by atoms with Gasteiger partial charge in [-0.1, -0.05) is 26.0 Å². The maximum absolute atomic E-state index is 11.9. The van der Waals surface area contributed by atoms with Gasteiger partial charge >= 0.3 is 0 Å². The molecule has 0 bridgehead atoms. The van der Waals surface area contributed by atoms with Crippen LogP contribution in [0.4, 0.5) is 0 Å². The smallest absolute Gasteiger partial charge is 0.253 e. The summed E-state index contributed by atoms with van der Waals surface area (Å²) in [5.41, 5.74) is 3.98. The molecule has 0 saturated heterocycles. The number of hydrogen-bond donors (Lipinski definition) is 1. The summed E-state index contributed by atoms with van der Waals surface area (Å²) in [5, 5.41) is 8.01. The number of benzene rings is 1. The van der Waals surface area contributed by atoms with E-state index in [2.05, 4.69) is 24.3 Å². The zero-order valence-electron chi connectivity index (χ0n) is 16.0. The number of methoxy groups -OCH3 is 1. The number of amides is 1. The van der Waals surface area contributed by atoms with Crippen LogP contribution in [0, 0.1) is 0 Å². The standard InChI is InChI=1S/C19H28N4O2/c1-13(2)17-16(19(25-6)23(5)21-17)12-20-11-14-7-9-15(10-8-14)18(24)22(3)4/h7-10,13,20H,11-12H2,1-6H3. The van der Waals surface area contributed by atoms with Crippen LogP contribution in [0.1, 0.15) is 46.9 Å². The van der Waals surface area contributed by atoms with Crippen LogP contribution in [0.2, 0.25) is 0 Å². The van der Waals surface area contributed by atoms with Gasteiger partial charge in [0.25, 0.3) is 5.91 Å². The van der Waals surface area contributed by atoms with E-state index in [-0.39, 0.29) is 5.91 Å². The van der Waals surface area contributed by atoms with Gasteiger partial charge in [-0.2, -0.15) is 5.10 Å². The first-order valence-corrected chi connectivity index (χ1v) is 8.46. The van der Waals surface area contributed by atoms with E-state index in [4.69, 9.17) is 4.74 Å². The number of carbonyl (C=O) groups excluding carboxylic acids is 1. The molecule has 0 spiro atoms. The number of aryl methyl sites for hydroxylation is 1. The van der Waals surface area contributed by atoms with Gasteiger partial charge in [0.2, 0.25) is 5.88 Å². The molecule has 0 saturated carbocycles. The molecule has 0 radical (unpaired) electrons. The fraction of sp³-hybridized carbons (Fsp3) is 0.474. The number of nitrogens with one attached hydrogen (secondary N) is 1. The molecule has 6 heteroatoms. The lowest BCUT2D eigenvalue weighted by Crippen LogP contribution is -2.21. The Morgan fingerprint density at radius 3 is 2.40 bits per heavy atom. The van der Waals surface area contributed by atoms with E-state index in [1.165, 1.54) is 0 Å². The first kappa shape index (κ1) is 19.0. The molecule has 136 valence electrons. The highest BCUT2D eigenvalue weighted by Gasteiger charge is 2.18. The highest BCUT2D eigenvalue weighted by molar-refractivity contribution is 5.93. The Morgan fingerprint density at radius 2 is 1.88 bits per heavy atom. The van der Waals surface area contributed by atoms with Crippen molar-refractivity contribution >= 4 is 5.91 Å². The van der Waals surface area contributed by atoms with E-state index in [9.17, 15) is 4.79 Å². The minimum absolute atomic E-state index is 0.0150. The lowest BCUT2D eigenvalue weighted by atomic mass is 10.1. The van der Waals surface area contributed by atoms with E-state index >= 15 is 0 Å². The molecule has 6 nitrogen and oxygen atoms in total. The summed E-state index contributed by atoms with van der Waals surface area (Å²) < 4.78 is 7.28. The van der Waals surface area contributed by atoms with Gasteiger partial charge in [0.15, 0.2) is 0 Å². The molecule has 1 aromatic heterocycles. The zero-order chi connectivity index (χ0) is 18.6. The Hall–Kier alpha value is -2.34. The predicted octanol–water partition coefficient (Wildman–Crippen LogP) is 2.54. The largest absolute Gasteiger partial charge is 0.481 e. The molecule has 1 heterocycles. The molecule has 0 unspecified atom stereocenters. The van der Waals surface area contributed by atoms with Gasteiger partial charge in [0, 0.05) is 39.8 Å². The predicted molar refractivity (Wildman–Crippen MR) is 98.9 cm³/mol. The Morgan fingerprint density at radius 1 is 1.24 bits per heavy atom. The fourth-order valence-corrected chi connectivity index (χ4v) is 2.81. The molecule has 2 rings (SSSR count). The topological polar surface area (TPSA) is 59.4 Å². The minimum Gasteiger partial charge on any atom is -0.481 e. The normalized spacial score (nSPS) is 11.0. The second-order valence-electron chi connectivity index (χ2n) is 6.65. The SMILES string of the molecule is COc1c(CNCc2ccc(C(=O)N(C)C)cc2)c(C(C)C)nn1C. The van der Waals surface area contributed by atoms with Crippen molar-refractivity contribution in [1.29, 1.82) is 0 Å². The van der Waals surface area contributed by atoms with Crippen molar-refractivity contribution in [1.82, 2.24) is 20.0 Å². The molecule has 0 aliphatic rings. The molecule has 0 aliphatic heterocycles. The van der Waals surface area contributed by atoms with E-state index < -0.39 is 0 Å². The first-order valence-electron chi connectivity index (χ1n) is 8.46. The summed E-state index contributed by atoms with van der Waals surface area (Å²) in [6.45, 7) is 5.66. The van der Waals surface area contributed by atoms with Gasteiger partial charge in [0.1, 0.15) is 0 Å². The number of ether oxygens (including phenoxy) is 1. The van der Waals surface area contributed by atoms with Crippen LogP contribution in [0.5, 0.6) is 5.88 Å². The molecule has 1 amide bonds. The maximum atomic E-state index is 11.9. The van der Waals surface area contributed by atoms with E-state index in [1.807, 2.05) is 31.3 Å². The Bertz CT molecular complexity index is 718. The van der Waals surface area contributed by atoms with Gasteiger partial charge < -0.3 is 15.0 Å². The molecule has 25 heavy (non-hydrogen) atoms. The zero-order valence-corrected chi connectivity index (χ0v) is 16.0. The lowest BCUT2D eigenvalue weighted by Gasteiger charge is -2.11. The van der Waals surface area contributed by atoms with E-state index in [0.29, 0.717) is 24.6 Å². The molecular formula is C19H28N4O2. The van der Waals surface area contributed by atoms with Crippen LogP contribution >= 0.6 is 0 Å². The number of nitrogens with zero attached hydrogens (tertiary/aromatic N) is 3. The summed E-state index contributed by atoms with van der Waals surface area (Å²) in [5.74, 6) is 1.15. The van der Waals surface area contributed by atoms with Crippen LogP contribution in [-0.2, 0) is 20.1 Å². The van der Waals surface area contributed by atoms with Crippen molar-refractivity contribution < 1.29 is 9.53 Å².